The summed E-state index contributed by atoms with van der Waals surface area (Å²) >= 11 is 0. The number of amides is 1. The van der Waals surface area contributed by atoms with Gasteiger partial charge in [-0.2, -0.15) is 0 Å². The van der Waals surface area contributed by atoms with Gasteiger partial charge in [0, 0.05) is 6.20 Å². The summed E-state index contributed by atoms with van der Waals surface area (Å²) in [6.45, 7) is 5.41. The van der Waals surface area contributed by atoms with Crippen molar-refractivity contribution in [1.29, 1.82) is 0 Å². The van der Waals surface area contributed by atoms with Crippen LogP contribution in [0.3, 0.4) is 0 Å². The van der Waals surface area contributed by atoms with Crippen molar-refractivity contribution in [3.8, 4) is 0 Å². The zero-order chi connectivity index (χ0) is 12.9. The maximum absolute atomic E-state index is 11.3. The maximum Gasteiger partial charge on any atom is 0.407 e. The first-order valence-electron chi connectivity index (χ1n) is 5.44. The molecule has 0 aliphatic rings. The number of rotatable bonds is 3. The number of nitrogens with zero attached hydrogens (tertiary/aromatic N) is 1. The summed E-state index contributed by atoms with van der Waals surface area (Å²) in [5.41, 5.74) is -0.0245. The molecule has 94 valence electrons. The van der Waals surface area contributed by atoms with E-state index in [1.165, 1.54) is 0 Å². The van der Waals surface area contributed by atoms with E-state index < -0.39 is 17.8 Å². The molecule has 5 nitrogen and oxygen atoms in total. The third kappa shape index (κ3) is 5.31. The highest BCUT2D eigenvalue weighted by Crippen LogP contribution is 2.09. The van der Waals surface area contributed by atoms with Crippen LogP contribution in [-0.4, -0.2) is 28.3 Å². The second-order valence-electron chi connectivity index (χ2n) is 4.65. The third-order valence-electron chi connectivity index (χ3n) is 1.87. The number of aliphatic hydroxyl groups excluding tert-OH is 1. The monoisotopic (exact) mass is 238 g/mol. The molecule has 0 aliphatic heterocycles. The molecule has 0 radical (unpaired) electrons. The lowest BCUT2D eigenvalue weighted by Gasteiger charge is -2.20. The first kappa shape index (κ1) is 13.4. The van der Waals surface area contributed by atoms with Crippen molar-refractivity contribution >= 4 is 6.09 Å². The minimum atomic E-state index is -0.830. The van der Waals surface area contributed by atoms with Gasteiger partial charge in [-0.05, 0) is 32.9 Å². The second-order valence-corrected chi connectivity index (χ2v) is 4.65. The Labute approximate surface area is 101 Å². The van der Waals surface area contributed by atoms with E-state index in [9.17, 15) is 9.90 Å². The van der Waals surface area contributed by atoms with Gasteiger partial charge in [-0.3, -0.25) is 4.98 Å². The Kier molecular flexibility index (Phi) is 4.45. The standard InChI is InChI=1S/C12H18N2O3/c1-12(2,3)17-11(16)14-8-10(15)9-6-4-5-7-13-9/h4-7,10,15H,8H2,1-3H3,(H,14,16)/t10-/m0/s1. The van der Waals surface area contributed by atoms with Crippen molar-refractivity contribution in [2.75, 3.05) is 6.54 Å². The normalized spacial score (nSPS) is 12.9. The first-order chi connectivity index (χ1) is 7.88. The highest BCUT2D eigenvalue weighted by atomic mass is 16.6. The van der Waals surface area contributed by atoms with Gasteiger partial charge in [0.15, 0.2) is 0 Å². The van der Waals surface area contributed by atoms with E-state index in [2.05, 4.69) is 10.3 Å². The largest absolute Gasteiger partial charge is 0.444 e. The predicted octanol–water partition coefficient (Wildman–Crippen LogP) is 1.64. The van der Waals surface area contributed by atoms with E-state index in [0.29, 0.717) is 5.69 Å². The van der Waals surface area contributed by atoms with Crippen LogP contribution in [0.4, 0.5) is 4.79 Å². The number of hydrogen-bond acceptors (Lipinski definition) is 4. The van der Waals surface area contributed by atoms with Crippen molar-refractivity contribution in [2.45, 2.75) is 32.5 Å². The van der Waals surface area contributed by atoms with Crippen molar-refractivity contribution < 1.29 is 14.6 Å². The molecular formula is C12H18N2O3. The zero-order valence-corrected chi connectivity index (χ0v) is 10.3. The number of aliphatic hydroxyl groups is 1. The maximum atomic E-state index is 11.3. The Morgan fingerprint density at radius 3 is 2.76 bits per heavy atom. The van der Waals surface area contributed by atoms with Crippen molar-refractivity contribution in [3.63, 3.8) is 0 Å². The quantitative estimate of drug-likeness (QED) is 0.839. The molecule has 1 rings (SSSR count). The molecule has 1 heterocycles. The zero-order valence-electron chi connectivity index (χ0n) is 10.3. The Balaban J connectivity index is 2.39. The third-order valence-corrected chi connectivity index (χ3v) is 1.87. The number of alkyl carbamates (subject to hydrolysis) is 1. The molecule has 1 aromatic rings. The summed E-state index contributed by atoms with van der Waals surface area (Å²) in [4.78, 5) is 15.3. The fraction of sp³-hybridized carbons (Fsp3) is 0.500. The fourth-order valence-electron chi connectivity index (χ4n) is 1.17. The Hall–Kier alpha value is -1.62. The molecule has 0 aromatic carbocycles. The first-order valence-corrected chi connectivity index (χ1v) is 5.44. The van der Waals surface area contributed by atoms with Crippen LogP contribution in [0.1, 0.15) is 32.6 Å². The van der Waals surface area contributed by atoms with Crippen LogP contribution in [-0.2, 0) is 4.74 Å². The van der Waals surface area contributed by atoms with Crippen LogP contribution in [0, 0.1) is 0 Å². The number of ether oxygens (including phenoxy) is 1. The van der Waals surface area contributed by atoms with Gasteiger partial charge in [0.1, 0.15) is 11.7 Å². The topological polar surface area (TPSA) is 71.5 Å². The van der Waals surface area contributed by atoms with Gasteiger partial charge in [0.25, 0.3) is 0 Å². The average molecular weight is 238 g/mol. The molecule has 1 aromatic heterocycles. The van der Waals surface area contributed by atoms with Gasteiger partial charge >= 0.3 is 6.09 Å². The average Bonchev–Trinajstić information content (AvgIpc) is 2.25. The molecular weight excluding hydrogens is 220 g/mol. The van der Waals surface area contributed by atoms with E-state index in [-0.39, 0.29) is 6.54 Å². The van der Waals surface area contributed by atoms with Crippen LogP contribution in [0.25, 0.3) is 0 Å². The van der Waals surface area contributed by atoms with Crippen molar-refractivity contribution in [3.05, 3.63) is 30.1 Å². The van der Waals surface area contributed by atoms with E-state index in [1.807, 2.05) is 0 Å². The van der Waals surface area contributed by atoms with E-state index in [0.717, 1.165) is 0 Å². The summed E-state index contributed by atoms with van der Waals surface area (Å²) in [6, 6.07) is 5.23. The lowest BCUT2D eigenvalue weighted by Crippen LogP contribution is -2.34. The molecule has 0 unspecified atom stereocenters. The number of carbonyl (C=O) groups excluding carboxylic acids is 1. The Bertz CT molecular complexity index is 360. The van der Waals surface area contributed by atoms with Crippen LogP contribution in [0.15, 0.2) is 24.4 Å². The predicted molar refractivity (Wildman–Crippen MR) is 63.4 cm³/mol. The van der Waals surface area contributed by atoms with E-state index in [1.54, 1.807) is 45.2 Å². The van der Waals surface area contributed by atoms with Crippen LogP contribution >= 0.6 is 0 Å². The van der Waals surface area contributed by atoms with Gasteiger partial charge in [-0.25, -0.2) is 4.79 Å². The minimum absolute atomic E-state index is 0.0753. The second kappa shape index (κ2) is 5.63. The number of pyridine rings is 1. The Morgan fingerprint density at radius 2 is 2.24 bits per heavy atom. The SMILES string of the molecule is CC(C)(C)OC(=O)NC[C@H](O)c1ccccn1. The molecule has 0 aliphatic carbocycles. The molecule has 0 saturated carbocycles. The fourth-order valence-corrected chi connectivity index (χ4v) is 1.17. The lowest BCUT2D eigenvalue weighted by atomic mass is 10.2. The highest BCUT2D eigenvalue weighted by Gasteiger charge is 2.17. The van der Waals surface area contributed by atoms with E-state index >= 15 is 0 Å². The molecule has 0 saturated heterocycles. The minimum Gasteiger partial charge on any atom is -0.444 e. The lowest BCUT2D eigenvalue weighted by molar-refractivity contribution is 0.0490. The molecule has 0 bridgehead atoms. The number of carbonyl (C=O) groups is 1. The summed E-state index contributed by atoms with van der Waals surface area (Å²) in [6.07, 6.45) is 0.211. The Morgan fingerprint density at radius 1 is 1.53 bits per heavy atom. The van der Waals surface area contributed by atoms with Crippen LogP contribution < -0.4 is 5.32 Å². The molecule has 2 N–H and O–H groups in total. The molecule has 1 atom stereocenters. The summed E-state index contributed by atoms with van der Waals surface area (Å²) in [5, 5.41) is 12.2. The van der Waals surface area contributed by atoms with Crippen LogP contribution in [0.2, 0.25) is 0 Å². The smallest absolute Gasteiger partial charge is 0.407 e. The molecule has 0 spiro atoms. The number of hydrogen-bond donors (Lipinski definition) is 2. The molecule has 1 amide bonds. The summed E-state index contributed by atoms with van der Waals surface area (Å²) in [5.74, 6) is 0. The summed E-state index contributed by atoms with van der Waals surface area (Å²) < 4.78 is 5.04. The van der Waals surface area contributed by atoms with Gasteiger partial charge in [-0.1, -0.05) is 6.07 Å². The summed E-state index contributed by atoms with van der Waals surface area (Å²) in [7, 11) is 0. The number of nitrogens with one attached hydrogen (secondary N) is 1. The molecule has 0 fully saturated rings. The van der Waals surface area contributed by atoms with Crippen molar-refractivity contribution in [2.24, 2.45) is 0 Å². The van der Waals surface area contributed by atoms with Gasteiger partial charge in [-0.15, -0.1) is 0 Å². The number of aromatic nitrogens is 1. The van der Waals surface area contributed by atoms with Crippen LogP contribution in [0.5, 0.6) is 0 Å². The van der Waals surface area contributed by atoms with Gasteiger partial charge in [0.05, 0.1) is 12.2 Å². The highest BCUT2D eigenvalue weighted by molar-refractivity contribution is 5.67. The van der Waals surface area contributed by atoms with E-state index in [4.69, 9.17) is 4.74 Å². The molecule has 5 heteroatoms. The van der Waals surface area contributed by atoms with Gasteiger partial charge < -0.3 is 15.2 Å². The van der Waals surface area contributed by atoms with Gasteiger partial charge in [0.2, 0.25) is 0 Å². The molecule has 17 heavy (non-hydrogen) atoms. The van der Waals surface area contributed by atoms with Crippen molar-refractivity contribution in [1.82, 2.24) is 10.3 Å².